The Bertz CT molecular complexity index is 1030. The number of rotatable bonds is 3. The van der Waals surface area contributed by atoms with E-state index >= 15 is 0 Å². The molecule has 7 nitrogen and oxygen atoms in total. The number of hydrogen-bond donors (Lipinski definition) is 3. The van der Waals surface area contributed by atoms with Crippen LogP contribution in [0.1, 0.15) is 24.8 Å². The Morgan fingerprint density at radius 2 is 2.03 bits per heavy atom. The minimum atomic E-state index is -2.98. The molecule has 5 rings (SSSR count). The smallest absolute Gasteiger partial charge is 0.278 e. The highest BCUT2D eigenvalue weighted by atomic mass is 35.5. The fourth-order valence-corrected chi connectivity index (χ4v) is 5.91. The maximum absolute atomic E-state index is 14.7. The molecule has 1 aromatic heterocycles. The predicted molar refractivity (Wildman–Crippen MR) is 122 cm³/mol. The van der Waals surface area contributed by atoms with Crippen LogP contribution in [0.2, 0.25) is 5.02 Å². The van der Waals surface area contributed by atoms with E-state index in [0.29, 0.717) is 29.0 Å². The van der Waals surface area contributed by atoms with Crippen LogP contribution in [0.15, 0.2) is 28.3 Å². The zero-order chi connectivity index (χ0) is 22.5. The highest BCUT2D eigenvalue weighted by Gasteiger charge is 2.44. The molecule has 1 spiro atoms. The van der Waals surface area contributed by atoms with E-state index in [9.17, 15) is 8.78 Å². The maximum Gasteiger partial charge on any atom is 0.278 e. The van der Waals surface area contributed by atoms with E-state index in [4.69, 9.17) is 27.8 Å². The van der Waals surface area contributed by atoms with Crippen molar-refractivity contribution < 1.29 is 13.5 Å². The number of alkyl halides is 2. The normalized spacial score (nSPS) is 23.8. The second-order valence-corrected chi connectivity index (χ2v) is 10.1. The molecule has 0 radical (unpaired) electrons. The third-order valence-corrected chi connectivity index (χ3v) is 8.12. The lowest BCUT2D eigenvalue weighted by molar-refractivity contribution is -0.0149. The first-order valence-electron chi connectivity index (χ1n) is 10.6. The topological polar surface area (TPSA) is 102 Å². The van der Waals surface area contributed by atoms with E-state index in [1.807, 2.05) is 0 Å². The summed E-state index contributed by atoms with van der Waals surface area (Å²) in [7, 11) is 0. The molecule has 3 aliphatic rings. The first kappa shape index (κ1) is 21.9. The fourth-order valence-electron chi connectivity index (χ4n) is 4.74. The summed E-state index contributed by atoms with van der Waals surface area (Å²) in [5, 5.41) is 3.65. The third-order valence-electron chi connectivity index (χ3n) is 6.74. The Labute approximate surface area is 194 Å². The van der Waals surface area contributed by atoms with Gasteiger partial charge in [-0.15, -0.1) is 0 Å². The number of hydrogen-bond acceptors (Lipinski definition) is 8. The van der Waals surface area contributed by atoms with Gasteiger partial charge in [0.05, 0.1) is 35.7 Å². The average Bonchev–Trinajstić information content (AvgIpc) is 3.11. The second-order valence-electron chi connectivity index (χ2n) is 8.67. The first-order valence-corrected chi connectivity index (χ1v) is 11.8. The van der Waals surface area contributed by atoms with Gasteiger partial charge < -0.3 is 26.4 Å². The zero-order valence-corrected chi connectivity index (χ0v) is 19.0. The van der Waals surface area contributed by atoms with E-state index in [-0.39, 0.29) is 46.5 Å². The zero-order valence-electron chi connectivity index (χ0n) is 17.4. The number of anilines is 3. The van der Waals surface area contributed by atoms with Crippen LogP contribution in [0.3, 0.4) is 0 Å². The van der Waals surface area contributed by atoms with Crippen molar-refractivity contribution in [1.82, 2.24) is 9.97 Å². The monoisotopic (exact) mass is 482 g/mol. The highest BCUT2D eigenvalue weighted by molar-refractivity contribution is 7.99. The first-order chi connectivity index (χ1) is 15.3. The quantitative estimate of drug-likeness (QED) is 0.608. The molecule has 2 fully saturated rings. The number of nitrogens with zero attached hydrogens (tertiary/aromatic N) is 3. The molecule has 2 saturated heterocycles. The Balaban J connectivity index is 1.35. The summed E-state index contributed by atoms with van der Waals surface area (Å²) >= 11 is 7.24. The molecule has 3 aliphatic heterocycles. The van der Waals surface area contributed by atoms with Gasteiger partial charge in [-0.25, -0.2) is 18.7 Å². The van der Waals surface area contributed by atoms with Crippen LogP contribution >= 0.6 is 23.4 Å². The van der Waals surface area contributed by atoms with Crippen molar-refractivity contribution in [1.29, 1.82) is 0 Å². The van der Waals surface area contributed by atoms with Crippen molar-refractivity contribution in [2.24, 2.45) is 11.1 Å². The van der Waals surface area contributed by atoms with E-state index in [0.717, 1.165) is 37.7 Å². The van der Waals surface area contributed by atoms with Crippen molar-refractivity contribution in [2.75, 3.05) is 48.8 Å². The maximum atomic E-state index is 14.7. The molecule has 11 heteroatoms. The molecule has 32 heavy (non-hydrogen) atoms. The Morgan fingerprint density at radius 1 is 1.25 bits per heavy atom. The van der Waals surface area contributed by atoms with E-state index in [2.05, 4.69) is 20.2 Å². The van der Waals surface area contributed by atoms with Gasteiger partial charge in [-0.1, -0.05) is 23.4 Å². The SMILES string of the molecule is Nc1nc(N2CCC3(CC2)COCC3N)cnc1Sc1ccc(Cl)c2c1C(F)(F)CCN2. The highest BCUT2D eigenvalue weighted by Crippen LogP contribution is 2.49. The molecule has 0 bridgehead atoms. The van der Waals surface area contributed by atoms with Gasteiger partial charge in [-0.05, 0) is 25.0 Å². The van der Waals surface area contributed by atoms with E-state index in [1.54, 1.807) is 18.3 Å². The van der Waals surface area contributed by atoms with Gasteiger partial charge in [0.15, 0.2) is 5.82 Å². The number of aromatic nitrogens is 2. The largest absolute Gasteiger partial charge is 0.383 e. The minimum Gasteiger partial charge on any atom is -0.383 e. The summed E-state index contributed by atoms with van der Waals surface area (Å²) in [6, 6.07) is 3.26. The third kappa shape index (κ3) is 3.76. The number of halogens is 3. The molecule has 0 amide bonds. The van der Waals surface area contributed by atoms with Crippen molar-refractivity contribution in [3.63, 3.8) is 0 Å². The number of nitrogen functional groups attached to an aromatic ring is 1. The molecule has 1 atom stereocenters. The number of benzene rings is 1. The van der Waals surface area contributed by atoms with E-state index in [1.165, 1.54) is 0 Å². The Morgan fingerprint density at radius 3 is 2.72 bits per heavy atom. The number of fused-ring (bicyclic) bond motifs is 1. The minimum absolute atomic E-state index is 0.0399. The molecular weight excluding hydrogens is 458 g/mol. The molecule has 1 aromatic carbocycles. The van der Waals surface area contributed by atoms with Crippen molar-refractivity contribution in [3.05, 3.63) is 28.9 Å². The number of piperidine rings is 1. The molecule has 0 aliphatic carbocycles. The Hall–Kier alpha value is -1.88. The molecule has 172 valence electrons. The molecular formula is C21H25ClF2N6OS. The summed E-state index contributed by atoms with van der Waals surface area (Å²) in [5.41, 5.74) is 12.7. The summed E-state index contributed by atoms with van der Waals surface area (Å²) in [6.45, 7) is 3.07. The van der Waals surface area contributed by atoms with Gasteiger partial charge in [0.2, 0.25) is 0 Å². The Kier molecular flexibility index (Phi) is 5.59. The van der Waals surface area contributed by atoms with Crippen LogP contribution < -0.4 is 21.7 Å². The lowest BCUT2D eigenvalue weighted by atomic mass is 9.75. The average molecular weight is 483 g/mol. The van der Waals surface area contributed by atoms with Crippen molar-refractivity contribution >= 4 is 40.7 Å². The number of nitrogens with two attached hydrogens (primary N) is 2. The summed E-state index contributed by atoms with van der Waals surface area (Å²) < 4.78 is 35.0. The summed E-state index contributed by atoms with van der Waals surface area (Å²) in [5.74, 6) is -2.09. The van der Waals surface area contributed by atoms with Gasteiger partial charge in [0.1, 0.15) is 10.8 Å². The van der Waals surface area contributed by atoms with Crippen LogP contribution in [0, 0.1) is 5.41 Å². The number of ether oxygens (including phenoxy) is 1. The van der Waals surface area contributed by atoms with Crippen LogP contribution in [0.4, 0.5) is 26.1 Å². The second kappa shape index (κ2) is 8.16. The van der Waals surface area contributed by atoms with Gasteiger partial charge >= 0.3 is 0 Å². The predicted octanol–water partition coefficient (Wildman–Crippen LogP) is 3.71. The number of nitrogens with one attached hydrogen (secondary N) is 1. The summed E-state index contributed by atoms with van der Waals surface area (Å²) in [4.78, 5) is 11.5. The van der Waals surface area contributed by atoms with E-state index < -0.39 is 5.92 Å². The van der Waals surface area contributed by atoms with Gasteiger partial charge in [-0.3, -0.25) is 0 Å². The fraction of sp³-hybridized carbons (Fsp3) is 0.524. The van der Waals surface area contributed by atoms with Gasteiger partial charge in [-0.2, -0.15) is 0 Å². The summed E-state index contributed by atoms with van der Waals surface area (Å²) in [6.07, 6.45) is 3.20. The van der Waals surface area contributed by atoms with Crippen molar-refractivity contribution in [2.45, 2.75) is 41.1 Å². The van der Waals surface area contributed by atoms with Gasteiger partial charge in [0, 0.05) is 42.4 Å². The molecule has 5 N–H and O–H groups in total. The molecule has 0 saturated carbocycles. The lowest BCUT2D eigenvalue weighted by Gasteiger charge is -2.41. The van der Waals surface area contributed by atoms with Gasteiger partial charge in [0.25, 0.3) is 5.92 Å². The molecule has 2 aromatic rings. The standard InChI is InChI=1S/C21H25ClF2N6OS/c22-12-1-2-13(16-17(12)27-6-3-21(16,23)24)32-19-18(26)29-15(9-28-19)30-7-4-20(5-8-30)11-31-10-14(20)25/h1-2,9,14,27H,3-8,10-11,25H2,(H2,26,29). The lowest BCUT2D eigenvalue weighted by Crippen LogP contribution is -2.49. The van der Waals surface area contributed by atoms with Crippen LogP contribution in [-0.2, 0) is 10.7 Å². The molecule has 4 heterocycles. The van der Waals surface area contributed by atoms with Crippen LogP contribution in [0.25, 0.3) is 0 Å². The van der Waals surface area contributed by atoms with Crippen LogP contribution in [-0.4, -0.2) is 48.9 Å². The van der Waals surface area contributed by atoms with Crippen LogP contribution in [0.5, 0.6) is 0 Å². The molecule has 1 unspecified atom stereocenters. The van der Waals surface area contributed by atoms with Crippen molar-refractivity contribution in [3.8, 4) is 0 Å².